The van der Waals surface area contributed by atoms with Crippen LogP contribution in [-0.2, 0) is 14.8 Å². The fourth-order valence-electron chi connectivity index (χ4n) is 2.93. The number of carbonyl (C=O) groups is 1. The quantitative estimate of drug-likeness (QED) is 0.828. The Morgan fingerprint density at radius 2 is 1.88 bits per heavy atom. The molecule has 1 aromatic carbocycles. The van der Waals surface area contributed by atoms with Gasteiger partial charge in [-0.05, 0) is 37.8 Å². The summed E-state index contributed by atoms with van der Waals surface area (Å²) in [6, 6.07) is 4.04. The molecular weight excluding hydrogens is 332 g/mol. The third-order valence-electron chi connectivity index (χ3n) is 4.39. The van der Waals surface area contributed by atoms with Gasteiger partial charge in [0.1, 0.15) is 6.04 Å². The second-order valence-corrected chi connectivity index (χ2v) is 7.96. The summed E-state index contributed by atoms with van der Waals surface area (Å²) in [7, 11) is -0.824. The molecule has 1 N–H and O–H groups in total. The summed E-state index contributed by atoms with van der Waals surface area (Å²) in [4.78, 5) is 12.4. The lowest BCUT2D eigenvalue weighted by Crippen LogP contribution is -2.46. The van der Waals surface area contributed by atoms with E-state index < -0.39 is 16.1 Å². The smallest absolute Gasteiger partial charge is 0.243 e. The molecule has 0 radical (unpaired) electrons. The molecule has 1 saturated carbocycles. The maximum atomic E-state index is 13.0. The molecule has 0 unspecified atom stereocenters. The highest BCUT2D eigenvalue weighted by atomic mass is 32.2. The van der Waals surface area contributed by atoms with Crippen molar-refractivity contribution in [2.45, 2.75) is 42.7 Å². The van der Waals surface area contributed by atoms with Gasteiger partial charge in [-0.1, -0.05) is 0 Å². The van der Waals surface area contributed by atoms with Crippen molar-refractivity contribution in [3.8, 4) is 11.5 Å². The number of methoxy groups -OCH3 is 2. The third-order valence-corrected chi connectivity index (χ3v) is 6.30. The van der Waals surface area contributed by atoms with E-state index >= 15 is 0 Å². The molecule has 0 bridgehead atoms. The van der Waals surface area contributed by atoms with Crippen molar-refractivity contribution in [3.63, 3.8) is 0 Å². The first-order valence-corrected chi connectivity index (χ1v) is 9.45. The van der Waals surface area contributed by atoms with Gasteiger partial charge in [0, 0.05) is 18.7 Å². The van der Waals surface area contributed by atoms with E-state index in [1.807, 2.05) is 0 Å². The highest BCUT2D eigenvalue weighted by Crippen LogP contribution is 2.33. The number of carbonyl (C=O) groups excluding carboxylic acids is 1. The molecular formula is C16H22N2O5S. The second kappa shape index (κ2) is 6.60. The molecule has 2 fully saturated rings. The van der Waals surface area contributed by atoms with E-state index in [0.29, 0.717) is 30.9 Å². The van der Waals surface area contributed by atoms with Crippen LogP contribution >= 0.6 is 0 Å². The van der Waals surface area contributed by atoms with Gasteiger partial charge in [0.2, 0.25) is 15.9 Å². The van der Waals surface area contributed by atoms with Gasteiger partial charge in [0.25, 0.3) is 0 Å². The summed E-state index contributed by atoms with van der Waals surface area (Å²) in [5, 5.41) is 2.90. The van der Waals surface area contributed by atoms with Crippen molar-refractivity contribution in [3.05, 3.63) is 18.2 Å². The molecule has 3 rings (SSSR count). The normalized spacial score (nSPS) is 21.5. The van der Waals surface area contributed by atoms with Crippen LogP contribution in [0.1, 0.15) is 25.7 Å². The maximum Gasteiger partial charge on any atom is 0.243 e. The fourth-order valence-corrected chi connectivity index (χ4v) is 4.60. The Bertz CT molecular complexity index is 730. The van der Waals surface area contributed by atoms with E-state index in [9.17, 15) is 13.2 Å². The minimum absolute atomic E-state index is 0.103. The predicted octanol–water partition coefficient (Wildman–Crippen LogP) is 1.14. The van der Waals surface area contributed by atoms with E-state index in [-0.39, 0.29) is 16.8 Å². The number of rotatable bonds is 6. The van der Waals surface area contributed by atoms with Crippen LogP contribution in [0.25, 0.3) is 0 Å². The molecule has 1 aliphatic heterocycles. The number of hydrogen-bond donors (Lipinski definition) is 1. The fraction of sp³-hybridized carbons (Fsp3) is 0.562. The number of nitrogens with zero attached hydrogens (tertiary/aromatic N) is 1. The number of amides is 1. The van der Waals surface area contributed by atoms with Gasteiger partial charge in [0.15, 0.2) is 11.5 Å². The summed E-state index contributed by atoms with van der Waals surface area (Å²) < 4.78 is 37.6. The van der Waals surface area contributed by atoms with E-state index in [2.05, 4.69) is 5.32 Å². The zero-order chi connectivity index (χ0) is 17.3. The van der Waals surface area contributed by atoms with Gasteiger partial charge in [-0.3, -0.25) is 4.79 Å². The first-order chi connectivity index (χ1) is 11.5. The van der Waals surface area contributed by atoms with Crippen molar-refractivity contribution < 1.29 is 22.7 Å². The number of sulfonamides is 1. The molecule has 0 aromatic heterocycles. The molecule has 1 atom stereocenters. The minimum atomic E-state index is -3.77. The number of nitrogens with one attached hydrogen (secondary N) is 1. The third kappa shape index (κ3) is 3.21. The Balaban J connectivity index is 1.87. The molecule has 1 aliphatic carbocycles. The Labute approximate surface area is 142 Å². The van der Waals surface area contributed by atoms with Gasteiger partial charge in [-0.15, -0.1) is 0 Å². The lowest BCUT2D eigenvalue weighted by atomic mass is 10.2. The van der Waals surface area contributed by atoms with Gasteiger partial charge in [-0.25, -0.2) is 8.42 Å². The summed E-state index contributed by atoms with van der Waals surface area (Å²) in [5.74, 6) is 0.608. The first kappa shape index (κ1) is 17.0. The van der Waals surface area contributed by atoms with Crippen LogP contribution < -0.4 is 14.8 Å². The lowest BCUT2D eigenvalue weighted by Gasteiger charge is -2.23. The van der Waals surface area contributed by atoms with Crippen LogP contribution in [0.4, 0.5) is 0 Å². The van der Waals surface area contributed by atoms with Gasteiger partial charge >= 0.3 is 0 Å². The van der Waals surface area contributed by atoms with Crippen LogP contribution in [0.2, 0.25) is 0 Å². The van der Waals surface area contributed by atoms with Crippen LogP contribution in [0.3, 0.4) is 0 Å². The SMILES string of the molecule is COc1ccc(S(=O)(=O)N2CCC[C@@H]2C(=O)NC2CC2)cc1OC. The first-order valence-electron chi connectivity index (χ1n) is 8.01. The number of ether oxygens (including phenoxy) is 2. The maximum absolute atomic E-state index is 13.0. The molecule has 132 valence electrons. The van der Waals surface area contributed by atoms with Crippen molar-refractivity contribution in [1.29, 1.82) is 0 Å². The average molecular weight is 354 g/mol. The molecule has 24 heavy (non-hydrogen) atoms. The van der Waals surface area contributed by atoms with Crippen LogP contribution in [0, 0.1) is 0 Å². The van der Waals surface area contributed by atoms with Gasteiger partial charge < -0.3 is 14.8 Å². The predicted molar refractivity (Wildman–Crippen MR) is 87.6 cm³/mol. The Morgan fingerprint density at radius 3 is 2.50 bits per heavy atom. The van der Waals surface area contributed by atoms with Crippen molar-refractivity contribution in [1.82, 2.24) is 9.62 Å². The Kier molecular flexibility index (Phi) is 4.69. The standard InChI is InChI=1S/C16H22N2O5S/c1-22-14-8-7-12(10-15(14)23-2)24(20,21)18-9-3-4-13(18)16(19)17-11-5-6-11/h7-8,10-11,13H,3-6,9H2,1-2H3,(H,17,19)/t13-/m1/s1. The second-order valence-electron chi connectivity index (χ2n) is 6.07. The van der Waals surface area contributed by atoms with Gasteiger partial charge in [0.05, 0.1) is 19.1 Å². The Morgan fingerprint density at radius 1 is 1.17 bits per heavy atom. The van der Waals surface area contributed by atoms with Crippen LogP contribution in [0.5, 0.6) is 11.5 Å². The molecule has 8 heteroatoms. The van der Waals surface area contributed by atoms with Gasteiger partial charge in [-0.2, -0.15) is 4.31 Å². The Hall–Kier alpha value is -1.80. The molecule has 1 heterocycles. The molecule has 1 aromatic rings. The summed E-state index contributed by atoms with van der Waals surface area (Å²) >= 11 is 0. The van der Waals surface area contributed by atoms with Crippen LogP contribution in [-0.4, -0.2) is 51.5 Å². The zero-order valence-electron chi connectivity index (χ0n) is 13.8. The zero-order valence-corrected chi connectivity index (χ0v) is 14.6. The minimum Gasteiger partial charge on any atom is -0.493 e. The molecule has 7 nitrogen and oxygen atoms in total. The highest BCUT2D eigenvalue weighted by Gasteiger charge is 2.41. The summed E-state index contributed by atoms with van der Waals surface area (Å²) in [6.07, 6.45) is 3.17. The molecule has 1 saturated heterocycles. The molecule has 2 aliphatic rings. The van der Waals surface area contributed by atoms with Crippen molar-refractivity contribution in [2.24, 2.45) is 0 Å². The van der Waals surface area contributed by atoms with E-state index in [4.69, 9.17) is 9.47 Å². The van der Waals surface area contributed by atoms with E-state index in [1.165, 1.54) is 30.7 Å². The lowest BCUT2D eigenvalue weighted by molar-refractivity contribution is -0.124. The van der Waals surface area contributed by atoms with Crippen molar-refractivity contribution >= 4 is 15.9 Å². The monoisotopic (exact) mass is 354 g/mol. The topological polar surface area (TPSA) is 84.9 Å². The van der Waals surface area contributed by atoms with Crippen molar-refractivity contribution in [2.75, 3.05) is 20.8 Å². The molecule has 1 amide bonds. The number of benzene rings is 1. The molecule has 0 spiro atoms. The van der Waals surface area contributed by atoms with E-state index in [1.54, 1.807) is 6.07 Å². The largest absolute Gasteiger partial charge is 0.493 e. The van der Waals surface area contributed by atoms with E-state index in [0.717, 1.165) is 12.8 Å². The summed E-state index contributed by atoms with van der Waals surface area (Å²) in [6.45, 7) is 0.347. The highest BCUT2D eigenvalue weighted by molar-refractivity contribution is 7.89. The average Bonchev–Trinajstić information content (AvgIpc) is 3.24. The van der Waals surface area contributed by atoms with Crippen LogP contribution in [0.15, 0.2) is 23.1 Å². The number of hydrogen-bond acceptors (Lipinski definition) is 5. The summed E-state index contributed by atoms with van der Waals surface area (Å²) in [5.41, 5.74) is 0.